The molecule has 0 unspecified atom stereocenters. The fourth-order valence-corrected chi connectivity index (χ4v) is 5.70. The lowest BCUT2D eigenvalue weighted by molar-refractivity contribution is -0.934. The Morgan fingerprint density at radius 3 is 2.81 bits per heavy atom. The molecule has 0 saturated carbocycles. The third-order valence-electron chi connectivity index (χ3n) is 6.06. The van der Waals surface area contributed by atoms with Gasteiger partial charge < -0.3 is 14.8 Å². The number of H-pyrrole nitrogens is 1. The Bertz CT molecular complexity index is 895. The van der Waals surface area contributed by atoms with Gasteiger partial charge in [-0.15, -0.1) is 11.3 Å². The average Bonchev–Trinajstić information content (AvgIpc) is 2.98. The number of carbonyl (C=O) groups excluding carboxylic acids is 1. The Hall–Kier alpha value is -1.73. The summed E-state index contributed by atoms with van der Waals surface area (Å²) in [5.74, 6) is 1.61. The first kappa shape index (κ1) is 17.7. The molecule has 2 aromatic heterocycles. The number of piperazine rings is 1. The van der Waals surface area contributed by atoms with Gasteiger partial charge in [-0.2, -0.15) is 0 Å². The smallest absolute Gasteiger partial charge is 0.260 e. The number of nitrogens with one attached hydrogen (secondary N) is 2. The third-order valence-corrected chi connectivity index (χ3v) is 7.21. The summed E-state index contributed by atoms with van der Waals surface area (Å²) >= 11 is 1.71. The van der Waals surface area contributed by atoms with E-state index in [1.807, 2.05) is 4.90 Å². The van der Waals surface area contributed by atoms with E-state index in [2.05, 4.69) is 18.8 Å². The molecule has 0 aromatic carbocycles. The normalized spacial score (nSPS) is 22.4. The van der Waals surface area contributed by atoms with Crippen molar-refractivity contribution in [1.29, 1.82) is 0 Å². The molecule has 0 spiro atoms. The van der Waals surface area contributed by atoms with Crippen molar-refractivity contribution in [3.05, 3.63) is 26.6 Å². The summed E-state index contributed by atoms with van der Waals surface area (Å²) in [5.41, 5.74) is 1.25. The number of thiophene rings is 1. The first-order valence-corrected chi connectivity index (χ1v) is 10.4. The van der Waals surface area contributed by atoms with Crippen LogP contribution in [0.25, 0.3) is 10.2 Å². The van der Waals surface area contributed by atoms with E-state index in [-0.39, 0.29) is 17.5 Å². The van der Waals surface area contributed by atoms with E-state index in [0.29, 0.717) is 5.92 Å². The highest BCUT2D eigenvalue weighted by Gasteiger charge is 2.29. The van der Waals surface area contributed by atoms with Crippen LogP contribution in [0.2, 0.25) is 0 Å². The molecule has 2 aromatic rings. The number of rotatable bonds is 2. The van der Waals surface area contributed by atoms with Crippen molar-refractivity contribution in [2.75, 3.05) is 26.2 Å². The van der Waals surface area contributed by atoms with Gasteiger partial charge in [-0.25, -0.2) is 4.98 Å². The maximum atomic E-state index is 12.8. The number of amides is 1. The number of quaternary nitrogens is 1. The summed E-state index contributed by atoms with van der Waals surface area (Å²) in [6.45, 7) is 9.35. The molecule has 140 valence electrons. The standard InChI is InChI=1S/C19H26N4O2S/c1-11-4-5-14-15(10-11)26-19-16(14)18(25)20-17(21-19)12(2)22-6-8-23(9-7-22)13(3)24/h11-12H,4-10H2,1-3H3,(H,20,21,25)/p+1/t11-,12+/m1/s1. The molecule has 2 N–H and O–H groups in total. The van der Waals surface area contributed by atoms with E-state index in [9.17, 15) is 9.59 Å². The van der Waals surface area contributed by atoms with E-state index < -0.39 is 0 Å². The second-order valence-electron chi connectivity index (χ2n) is 7.87. The first-order valence-electron chi connectivity index (χ1n) is 9.58. The third kappa shape index (κ3) is 3.07. The lowest BCUT2D eigenvalue weighted by Gasteiger charge is -2.34. The number of hydrogen-bond donors (Lipinski definition) is 2. The molecule has 7 heteroatoms. The summed E-state index contributed by atoms with van der Waals surface area (Å²) in [6, 6.07) is 0.124. The second-order valence-corrected chi connectivity index (χ2v) is 8.95. The Kier molecular flexibility index (Phi) is 4.61. The van der Waals surface area contributed by atoms with Crippen LogP contribution in [0.5, 0.6) is 0 Å². The van der Waals surface area contributed by atoms with Crippen LogP contribution in [0.1, 0.15) is 49.5 Å². The predicted octanol–water partition coefficient (Wildman–Crippen LogP) is 0.917. The minimum absolute atomic E-state index is 0.0191. The molecule has 3 heterocycles. The van der Waals surface area contributed by atoms with Crippen LogP contribution in [0, 0.1) is 5.92 Å². The molecule has 0 bridgehead atoms. The zero-order valence-corrected chi connectivity index (χ0v) is 16.5. The number of fused-ring (bicyclic) bond motifs is 3. The van der Waals surface area contributed by atoms with Crippen molar-refractivity contribution in [3.8, 4) is 0 Å². The van der Waals surface area contributed by atoms with E-state index in [4.69, 9.17) is 4.98 Å². The minimum Gasteiger partial charge on any atom is -0.332 e. The first-order chi connectivity index (χ1) is 12.4. The van der Waals surface area contributed by atoms with Crippen molar-refractivity contribution in [2.24, 2.45) is 5.92 Å². The molecule has 1 aliphatic carbocycles. The van der Waals surface area contributed by atoms with Gasteiger partial charge >= 0.3 is 0 Å². The maximum Gasteiger partial charge on any atom is 0.260 e. The number of aromatic amines is 1. The molecule has 2 aliphatic rings. The van der Waals surface area contributed by atoms with E-state index in [0.717, 1.165) is 61.5 Å². The highest BCUT2D eigenvalue weighted by atomic mass is 32.1. The van der Waals surface area contributed by atoms with Crippen molar-refractivity contribution < 1.29 is 9.69 Å². The highest BCUT2D eigenvalue weighted by Crippen LogP contribution is 2.35. The lowest BCUT2D eigenvalue weighted by Crippen LogP contribution is -3.14. The van der Waals surface area contributed by atoms with Gasteiger partial charge in [0.05, 0.1) is 31.6 Å². The fourth-order valence-electron chi connectivity index (χ4n) is 4.31. The number of hydrogen-bond acceptors (Lipinski definition) is 4. The Balaban J connectivity index is 1.61. The largest absolute Gasteiger partial charge is 0.332 e. The zero-order chi connectivity index (χ0) is 18.4. The molecular weight excluding hydrogens is 348 g/mol. The average molecular weight is 376 g/mol. The molecule has 0 radical (unpaired) electrons. The molecule has 1 saturated heterocycles. The maximum absolute atomic E-state index is 12.8. The number of aryl methyl sites for hydroxylation is 1. The SMILES string of the molecule is CC(=O)N1CC[NH+]([C@@H](C)c2nc3sc4c(c3c(=O)[nH]2)CC[C@@H](C)C4)CC1. The molecule has 1 aliphatic heterocycles. The van der Waals surface area contributed by atoms with Gasteiger partial charge in [0.2, 0.25) is 5.91 Å². The molecule has 6 nitrogen and oxygen atoms in total. The van der Waals surface area contributed by atoms with Crippen LogP contribution in [0.4, 0.5) is 0 Å². The quantitative estimate of drug-likeness (QED) is 0.820. The van der Waals surface area contributed by atoms with Gasteiger partial charge in [0.25, 0.3) is 5.56 Å². The van der Waals surface area contributed by atoms with Crippen molar-refractivity contribution in [1.82, 2.24) is 14.9 Å². The van der Waals surface area contributed by atoms with Crippen LogP contribution >= 0.6 is 11.3 Å². The van der Waals surface area contributed by atoms with Crippen LogP contribution in [0.15, 0.2) is 4.79 Å². The number of carbonyl (C=O) groups is 1. The number of aromatic nitrogens is 2. The predicted molar refractivity (Wildman–Crippen MR) is 103 cm³/mol. The van der Waals surface area contributed by atoms with Crippen LogP contribution < -0.4 is 10.5 Å². The van der Waals surface area contributed by atoms with Gasteiger partial charge in [0, 0.05) is 11.8 Å². The Labute approximate surface area is 157 Å². The Morgan fingerprint density at radius 2 is 2.12 bits per heavy atom. The summed E-state index contributed by atoms with van der Waals surface area (Å²) in [5, 5.41) is 0.823. The monoisotopic (exact) mass is 375 g/mol. The molecule has 1 amide bonds. The van der Waals surface area contributed by atoms with Crippen LogP contribution in [-0.2, 0) is 17.6 Å². The minimum atomic E-state index is 0.0191. The van der Waals surface area contributed by atoms with Gasteiger partial charge in [0.15, 0.2) is 5.82 Å². The van der Waals surface area contributed by atoms with Gasteiger partial charge in [-0.05, 0) is 37.7 Å². The van der Waals surface area contributed by atoms with Crippen molar-refractivity contribution in [2.45, 2.75) is 46.1 Å². The van der Waals surface area contributed by atoms with Gasteiger partial charge in [0.1, 0.15) is 10.9 Å². The van der Waals surface area contributed by atoms with E-state index in [1.165, 1.54) is 15.3 Å². The summed E-state index contributed by atoms with van der Waals surface area (Å²) in [6.07, 6.45) is 3.22. The summed E-state index contributed by atoms with van der Waals surface area (Å²) in [7, 11) is 0. The van der Waals surface area contributed by atoms with Crippen molar-refractivity contribution >= 4 is 27.5 Å². The lowest BCUT2D eigenvalue weighted by atomic mass is 9.89. The topological polar surface area (TPSA) is 70.5 Å². The van der Waals surface area contributed by atoms with Gasteiger partial charge in [-0.1, -0.05) is 6.92 Å². The van der Waals surface area contributed by atoms with Gasteiger partial charge in [-0.3, -0.25) is 9.59 Å². The second kappa shape index (κ2) is 6.78. The van der Waals surface area contributed by atoms with E-state index in [1.54, 1.807) is 18.3 Å². The van der Waals surface area contributed by atoms with Crippen LogP contribution in [-0.4, -0.2) is 47.0 Å². The fraction of sp³-hybridized carbons (Fsp3) is 0.632. The summed E-state index contributed by atoms with van der Waals surface area (Å²) in [4.78, 5) is 37.7. The van der Waals surface area contributed by atoms with Crippen molar-refractivity contribution in [3.63, 3.8) is 0 Å². The molecule has 26 heavy (non-hydrogen) atoms. The molecule has 4 rings (SSSR count). The molecular formula is C19H27N4O2S+. The number of nitrogens with zero attached hydrogens (tertiary/aromatic N) is 2. The summed E-state index contributed by atoms with van der Waals surface area (Å²) < 4.78 is 0. The molecule has 1 fully saturated rings. The Morgan fingerprint density at radius 1 is 1.38 bits per heavy atom. The van der Waals surface area contributed by atoms with E-state index >= 15 is 0 Å². The zero-order valence-electron chi connectivity index (χ0n) is 15.7. The highest BCUT2D eigenvalue weighted by molar-refractivity contribution is 7.18. The molecule has 2 atom stereocenters. The van der Waals surface area contributed by atoms with Crippen LogP contribution in [0.3, 0.4) is 0 Å².